The van der Waals surface area contributed by atoms with E-state index in [-0.39, 0.29) is 30.2 Å². The van der Waals surface area contributed by atoms with E-state index in [4.69, 9.17) is 0 Å². The molecule has 0 aliphatic heterocycles. The van der Waals surface area contributed by atoms with Gasteiger partial charge in [0.05, 0.1) is 6.04 Å². The van der Waals surface area contributed by atoms with E-state index in [0.717, 1.165) is 10.1 Å². The standard InChI is InChI=1S/C16H18FN3O3/c1-10(2)15(11-3-5-12(17)6-4-11)18-14(22)9-20-8-7-13(21)19-16(20)23/h3-8,10,15H,9H2,1-2H3,(H,18,22)(H,19,21,23). The molecule has 1 atom stereocenters. The lowest BCUT2D eigenvalue weighted by Crippen LogP contribution is -2.38. The van der Waals surface area contributed by atoms with Crippen LogP contribution in [0.25, 0.3) is 0 Å². The van der Waals surface area contributed by atoms with Gasteiger partial charge in [-0.25, -0.2) is 9.18 Å². The predicted molar refractivity (Wildman–Crippen MR) is 83.4 cm³/mol. The molecule has 1 heterocycles. The zero-order valence-corrected chi connectivity index (χ0v) is 12.9. The maximum atomic E-state index is 13.0. The summed E-state index contributed by atoms with van der Waals surface area (Å²) >= 11 is 0. The molecular formula is C16H18FN3O3. The van der Waals surface area contributed by atoms with E-state index in [1.807, 2.05) is 13.8 Å². The summed E-state index contributed by atoms with van der Waals surface area (Å²) in [4.78, 5) is 36.9. The average Bonchev–Trinajstić information content (AvgIpc) is 2.48. The second-order valence-electron chi connectivity index (χ2n) is 5.58. The maximum Gasteiger partial charge on any atom is 0.328 e. The highest BCUT2D eigenvalue weighted by Crippen LogP contribution is 2.21. The van der Waals surface area contributed by atoms with E-state index < -0.39 is 11.2 Å². The van der Waals surface area contributed by atoms with Crippen molar-refractivity contribution in [2.45, 2.75) is 26.4 Å². The smallest absolute Gasteiger partial charge is 0.328 e. The molecule has 2 rings (SSSR count). The van der Waals surface area contributed by atoms with Gasteiger partial charge in [-0.3, -0.25) is 19.1 Å². The highest BCUT2D eigenvalue weighted by atomic mass is 19.1. The van der Waals surface area contributed by atoms with Crippen LogP contribution in [0.1, 0.15) is 25.5 Å². The molecule has 7 heteroatoms. The van der Waals surface area contributed by atoms with Crippen LogP contribution in [-0.2, 0) is 11.3 Å². The largest absolute Gasteiger partial charge is 0.347 e. The topological polar surface area (TPSA) is 84.0 Å². The molecule has 2 aromatic rings. The Morgan fingerprint density at radius 1 is 1.22 bits per heavy atom. The number of halogens is 1. The molecule has 1 unspecified atom stereocenters. The van der Waals surface area contributed by atoms with Crippen LogP contribution in [0.3, 0.4) is 0 Å². The van der Waals surface area contributed by atoms with Crippen LogP contribution in [0.5, 0.6) is 0 Å². The summed E-state index contributed by atoms with van der Waals surface area (Å²) in [6.07, 6.45) is 1.27. The molecule has 0 aliphatic carbocycles. The van der Waals surface area contributed by atoms with Crippen LogP contribution < -0.4 is 16.6 Å². The minimum atomic E-state index is -0.643. The number of hydrogen-bond acceptors (Lipinski definition) is 3. The van der Waals surface area contributed by atoms with Gasteiger partial charge in [-0.2, -0.15) is 0 Å². The van der Waals surface area contributed by atoms with Gasteiger partial charge in [0.2, 0.25) is 5.91 Å². The Bertz CT molecular complexity index is 793. The second-order valence-corrected chi connectivity index (χ2v) is 5.58. The number of aromatic nitrogens is 2. The lowest BCUT2D eigenvalue weighted by Gasteiger charge is -2.23. The quantitative estimate of drug-likeness (QED) is 0.868. The normalized spacial score (nSPS) is 12.2. The van der Waals surface area contributed by atoms with Gasteiger partial charge < -0.3 is 5.32 Å². The molecule has 1 aromatic carbocycles. The van der Waals surface area contributed by atoms with Gasteiger partial charge in [-0.15, -0.1) is 0 Å². The first kappa shape index (κ1) is 16.7. The Morgan fingerprint density at radius 3 is 2.43 bits per heavy atom. The van der Waals surface area contributed by atoms with Crippen molar-refractivity contribution < 1.29 is 9.18 Å². The van der Waals surface area contributed by atoms with Gasteiger partial charge in [0.1, 0.15) is 12.4 Å². The Balaban J connectivity index is 2.13. The summed E-state index contributed by atoms with van der Waals surface area (Å²) in [5.41, 5.74) is -0.378. The zero-order chi connectivity index (χ0) is 17.0. The number of carbonyl (C=O) groups excluding carboxylic acids is 1. The molecular weight excluding hydrogens is 301 g/mol. The second kappa shape index (κ2) is 7.04. The van der Waals surface area contributed by atoms with Crippen molar-refractivity contribution in [3.05, 3.63) is 68.7 Å². The van der Waals surface area contributed by atoms with Gasteiger partial charge in [0.15, 0.2) is 0 Å². The van der Waals surface area contributed by atoms with Crippen molar-refractivity contribution in [1.82, 2.24) is 14.9 Å². The lowest BCUT2D eigenvalue weighted by atomic mass is 9.96. The van der Waals surface area contributed by atoms with Crippen molar-refractivity contribution >= 4 is 5.91 Å². The number of H-pyrrole nitrogens is 1. The third-order valence-electron chi connectivity index (χ3n) is 3.42. The lowest BCUT2D eigenvalue weighted by molar-refractivity contribution is -0.122. The van der Waals surface area contributed by atoms with Crippen LogP contribution in [0.15, 0.2) is 46.1 Å². The molecule has 0 fully saturated rings. The summed E-state index contributed by atoms with van der Waals surface area (Å²) in [6, 6.07) is 6.78. The zero-order valence-electron chi connectivity index (χ0n) is 12.9. The molecule has 1 aromatic heterocycles. The first-order chi connectivity index (χ1) is 10.9. The summed E-state index contributed by atoms with van der Waals surface area (Å²) in [5.74, 6) is -0.638. The maximum absolute atomic E-state index is 13.0. The Labute approximate surface area is 132 Å². The summed E-state index contributed by atoms with van der Waals surface area (Å²) in [5, 5.41) is 2.83. The number of rotatable bonds is 5. The summed E-state index contributed by atoms with van der Waals surface area (Å²) < 4.78 is 14.1. The molecule has 0 saturated heterocycles. The minimum absolute atomic E-state index is 0.0803. The number of carbonyl (C=O) groups is 1. The van der Waals surface area contributed by atoms with Gasteiger partial charge >= 0.3 is 5.69 Å². The first-order valence-corrected chi connectivity index (χ1v) is 7.21. The molecule has 0 bridgehead atoms. The highest BCUT2D eigenvalue weighted by Gasteiger charge is 2.18. The molecule has 2 N–H and O–H groups in total. The number of amides is 1. The van der Waals surface area contributed by atoms with Gasteiger partial charge in [0.25, 0.3) is 5.56 Å². The first-order valence-electron chi connectivity index (χ1n) is 7.21. The van der Waals surface area contributed by atoms with E-state index >= 15 is 0 Å². The van der Waals surface area contributed by atoms with Crippen LogP contribution in [0, 0.1) is 11.7 Å². The van der Waals surface area contributed by atoms with Crippen molar-refractivity contribution in [3.63, 3.8) is 0 Å². The third-order valence-corrected chi connectivity index (χ3v) is 3.42. The van der Waals surface area contributed by atoms with Crippen LogP contribution in [0.4, 0.5) is 4.39 Å². The average molecular weight is 319 g/mol. The van der Waals surface area contributed by atoms with Gasteiger partial charge in [-0.05, 0) is 23.6 Å². The van der Waals surface area contributed by atoms with E-state index in [2.05, 4.69) is 10.3 Å². The molecule has 6 nitrogen and oxygen atoms in total. The Hall–Kier alpha value is -2.70. The molecule has 122 valence electrons. The fourth-order valence-electron chi connectivity index (χ4n) is 2.25. The number of nitrogens with one attached hydrogen (secondary N) is 2. The Morgan fingerprint density at radius 2 is 1.87 bits per heavy atom. The molecule has 0 spiro atoms. The number of hydrogen-bond donors (Lipinski definition) is 2. The van der Waals surface area contributed by atoms with Crippen molar-refractivity contribution in [2.75, 3.05) is 0 Å². The SMILES string of the molecule is CC(C)C(NC(=O)Cn1ccc(=O)[nH]c1=O)c1ccc(F)cc1. The predicted octanol–water partition coefficient (Wildman–Crippen LogP) is 1.19. The minimum Gasteiger partial charge on any atom is -0.347 e. The molecule has 0 radical (unpaired) electrons. The van der Waals surface area contributed by atoms with E-state index in [1.165, 1.54) is 24.4 Å². The van der Waals surface area contributed by atoms with Crippen molar-refractivity contribution in [2.24, 2.45) is 5.92 Å². The highest BCUT2D eigenvalue weighted by molar-refractivity contribution is 5.76. The van der Waals surface area contributed by atoms with Gasteiger partial charge in [0, 0.05) is 12.3 Å². The molecule has 23 heavy (non-hydrogen) atoms. The van der Waals surface area contributed by atoms with E-state index in [0.29, 0.717) is 0 Å². The fourth-order valence-corrected chi connectivity index (χ4v) is 2.25. The fraction of sp³-hybridized carbons (Fsp3) is 0.312. The number of benzene rings is 1. The third kappa shape index (κ3) is 4.38. The van der Waals surface area contributed by atoms with Crippen molar-refractivity contribution in [3.8, 4) is 0 Å². The number of nitrogens with zero attached hydrogens (tertiary/aromatic N) is 1. The van der Waals surface area contributed by atoms with E-state index in [1.54, 1.807) is 12.1 Å². The summed E-state index contributed by atoms with van der Waals surface area (Å²) in [6.45, 7) is 3.65. The van der Waals surface area contributed by atoms with Crippen LogP contribution >= 0.6 is 0 Å². The monoisotopic (exact) mass is 319 g/mol. The van der Waals surface area contributed by atoms with Crippen LogP contribution in [-0.4, -0.2) is 15.5 Å². The van der Waals surface area contributed by atoms with Crippen LogP contribution in [0.2, 0.25) is 0 Å². The van der Waals surface area contributed by atoms with Gasteiger partial charge in [-0.1, -0.05) is 26.0 Å². The molecule has 0 saturated carbocycles. The van der Waals surface area contributed by atoms with E-state index in [9.17, 15) is 18.8 Å². The molecule has 0 aliphatic rings. The Kier molecular flexibility index (Phi) is 5.10. The number of aromatic amines is 1. The molecule has 1 amide bonds. The summed E-state index contributed by atoms with van der Waals surface area (Å²) in [7, 11) is 0. The van der Waals surface area contributed by atoms with Crippen molar-refractivity contribution in [1.29, 1.82) is 0 Å².